The average Bonchev–Trinajstić information content (AvgIpc) is 2.64. The van der Waals surface area contributed by atoms with Gasteiger partial charge in [0.05, 0.1) is 23.1 Å². The summed E-state index contributed by atoms with van der Waals surface area (Å²) < 4.78 is 26.7. The first-order valence-corrected chi connectivity index (χ1v) is 8.25. The van der Waals surface area contributed by atoms with Gasteiger partial charge in [0.15, 0.2) is 0 Å². The van der Waals surface area contributed by atoms with Gasteiger partial charge >= 0.3 is 0 Å². The van der Waals surface area contributed by atoms with Crippen molar-refractivity contribution < 1.29 is 13.6 Å². The van der Waals surface area contributed by atoms with Gasteiger partial charge < -0.3 is 15.1 Å². The van der Waals surface area contributed by atoms with Crippen molar-refractivity contribution in [1.82, 2.24) is 14.8 Å². The average molecular weight is 346 g/mol. The fourth-order valence-electron chi connectivity index (χ4n) is 2.82. The number of amides is 1. The van der Waals surface area contributed by atoms with Crippen molar-refractivity contribution in [2.24, 2.45) is 0 Å². The van der Waals surface area contributed by atoms with Crippen molar-refractivity contribution in [3.05, 3.63) is 53.9 Å². The Morgan fingerprint density at radius 2 is 1.92 bits per heavy atom. The first-order valence-electron chi connectivity index (χ1n) is 8.25. The lowest BCUT2D eigenvalue weighted by atomic mass is 10.2. The van der Waals surface area contributed by atoms with E-state index in [0.717, 1.165) is 25.7 Å². The Bertz CT molecular complexity index is 760. The van der Waals surface area contributed by atoms with E-state index < -0.39 is 11.6 Å². The molecule has 1 aliphatic heterocycles. The highest BCUT2D eigenvalue weighted by atomic mass is 19.1. The van der Waals surface area contributed by atoms with Crippen LogP contribution in [0.25, 0.3) is 0 Å². The number of hydrogen-bond acceptors (Lipinski definition) is 4. The Morgan fingerprint density at radius 1 is 1.16 bits per heavy atom. The van der Waals surface area contributed by atoms with Crippen molar-refractivity contribution in [1.29, 1.82) is 0 Å². The van der Waals surface area contributed by atoms with Gasteiger partial charge in [-0.1, -0.05) is 6.92 Å². The zero-order valence-electron chi connectivity index (χ0n) is 14.0. The van der Waals surface area contributed by atoms with Gasteiger partial charge in [0.2, 0.25) is 0 Å². The minimum absolute atomic E-state index is 0.0912. The minimum atomic E-state index is -0.701. The topological polar surface area (TPSA) is 48.5 Å². The second-order valence-electron chi connectivity index (χ2n) is 5.94. The number of hydrogen-bond donors (Lipinski definition) is 1. The van der Waals surface area contributed by atoms with E-state index in [2.05, 4.69) is 22.1 Å². The van der Waals surface area contributed by atoms with Crippen LogP contribution in [0.15, 0.2) is 36.7 Å². The molecule has 0 spiro atoms. The van der Waals surface area contributed by atoms with E-state index >= 15 is 0 Å². The Labute approximate surface area is 145 Å². The van der Waals surface area contributed by atoms with Crippen LogP contribution >= 0.6 is 0 Å². The molecule has 7 heteroatoms. The molecule has 0 unspecified atom stereocenters. The summed E-state index contributed by atoms with van der Waals surface area (Å²) in [6, 6.07) is 4.91. The summed E-state index contributed by atoms with van der Waals surface area (Å²) in [7, 11) is 0. The molecule has 132 valence electrons. The summed E-state index contributed by atoms with van der Waals surface area (Å²) in [6.07, 6.45) is 3.00. The number of anilines is 2. The van der Waals surface area contributed by atoms with E-state index in [1.165, 1.54) is 24.5 Å². The van der Waals surface area contributed by atoms with E-state index in [0.29, 0.717) is 24.3 Å². The number of carbonyl (C=O) groups is 1. The summed E-state index contributed by atoms with van der Waals surface area (Å²) in [5.74, 6) is -1.43. The van der Waals surface area contributed by atoms with E-state index in [4.69, 9.17) is 0 Å². The highest BCUT2D eigenvalue weighted by Crippen LogP contribution is 2.21. The molecule has 2 heterocycles. The highest BCUT2D eigenvalue weighted by Gasteiger charge is 2.21. The number of likely N-dealkylation sites (N-methyl/N-ethyl adjacent to an activating group) is 1. The Kier molecular flexibility index (Phi) is 5.23. The van der Waals surface area contributed by atoms with Crippen LogP contribution in [0.2, 0.25) is 0 Å². The van der Waals surface area contributed by atoms with E-state index in [9.17, 15) is 13.6 Å². The molecule has 5 nitrogen and oxygen atoms in total. The lowest BCUT2D eigenvalue weighted by molar-refractivity contribution is 0.0643. The lowest BCUT2D eigenvalue weighted by Gasteiger charge is -2.34. The van der Waals surface area contributed by atoms with Gasteiger partial charge in [-0.2, -0.15) is 0 Å². The fourth-order valence-corrected chi connectivity index (χ4v) is 2.82. The summed E-state index contributed by atoms with van der Waals surface area (Å²) >= 11 is 0. The number of nitrogens with one attached hydrogen (secondary N) is 1. The molecular formula is C18H20F2N4O. The van der Waals surface area contributed by atoms with Crippen LogP contribution in [-0.4, -0.2) is 53.4 Å². The molecule has 1 fully saturated rings. The summed E-state index contributed by atoms with van der Waals surface area (Å²) in [6.45, 7) is 6.15. The number of nitrogens with zero attached hydrogens (tertiary/aromatic N) is 3. The SMILES string of the molecule is CCN1CCN(C(=O)c2cncc(Nc3ccc(F)cc3F)c2)CC1. The molecule has 25 heavy (non-hydrogen) atoms. The van der Waals surface area contributed by atoms with Crippen LogP contribution in [0.1, 0.15) is 17.3 Å². The second-order valence-corrected chi connectivity index (χ2v) is 5.94. The molecule has 1 aromatic carbocycles. The molecule has 1 amide bonds. The Hall–Kier alpha value is -2.54. The molecule has 1 saturated heterocycles. The minimum Gasteiger partial charge on any atom is -0.352 e. The Morgan fingerprint density at radius 3 is 2.60 bits per heavy atom. The summed E-state index contributed by atoms with van der Waals surface area (Å²) in [5.41, 5.74) is 1.05. The molecule has 0 radical (unpaired) electrons. The number of aromatic nitrogens is 1. The number of rotatable bonds is 4. The first kappa shape index (κ1) is 17.3. The molecule has 2 aromatic rings. The van der Waals surface area contributed by atoms with Crippen LogP contribution in [-0.2, 0) is 0 Å². The maximum absolute atomic E-state index is 13.8. The van der Waals surface area contributed by atoms with Gasteiger partial charge in [-0.25, -0.2) is 8.78 Å². The van der Waals surface area contributed by atoms with Crippen molar-refractivity contribution in [2.45, 2.75) is 6.92 Å². The second kappa shape index (κ2) is 7.57. The predicted octanol–water partition coefficient (Wildman–Crippen LogP) is 2.88. The third-order valence-corrected chi connectivity index (χ3v) is 4.30. The van der Waals surface area contributed by atoms with Crippen molar-refractivity contribution in [2.75, 3.05) is 38.0 Å². The Balaban J connectivity index is 1.72. The lowest BCUT2D eigenvalue weighted by Crippen LogP contribution is -2.48. The monoisotopic (exact) mass is 346 g/mol. The number of piperazine rings is 1. The van der Waals surface area contributed by atoms with Gasteiger partial charge in [0, 0.05) is 38.4 Å². The standard InChI is InChI=1S/C18H20F2N4O/c1-2-23-5-7-24(8-6-23)18(25)13-9-15(12-21-11-13)22-17-4-3-14(19)10-16(17)20/h3-4,9-12,22H,2,5-8H2,1H3. The van der Waals surface area contributed by atoms with Gasteiger partial charge in [0.25, 0.3) is 5.91 Å². The van der Waals surface area contributed by atoms with Crippen LogP contribution < -0.4 is 5.32 Å². The normalized spacial score (nSPS) is 15.2. The first-order chi connectivity index (χ1) is 12.1. The molecule has 0 saturated carbocycles. The molecule has 0 bridgehead atoms. The molecule has 3 rings (SSSR count). The van der Waals surface area contributed by atoms with E-state index in [1.807, 2.05) is 0 Å². The smallest absolute Gasteiger partial charge is 0.255 e. The zero-order chi connectivity index (χ0) is 17.8. The zero-order valence-corrected chi connectivity index (χ0v) is 14.0. The number of carbonyl (C=O) groups excluding carboxylic acids is 1. The van der Waals surface area contributed by atoms with Crippen LogP contribution in [0, 0.1) is 11.6 Å². The molecule has 0 aliphatic carbocycles. The molecule has 1 aromatic heterocycles. The summed E-state index contributed by atoms with van der Waals surface area (Å²) in [5, 5.41) is 2.83. The molecule has 1 N–H and O–H groups in total. The number of benzene rings is 1. The van der Waals surface area contributed by atoms with E-state index in [-0.39, 0.29) is 11.6 Å². The quantitative estimate of drug-likeness (QED) is 0.925. The number of halogens is 2. The van der Waals surface area contributed by atoms with Gasteiger partial charge in [-0.05, 0) is 24.7 Å². The van der Waals surface area contributed by atoms with Gasteiger partial charge in [-0.15, -0.1) is 0 Å². The third kappa shape index (κ3) is 4.11. The number of pyridine rings is 1. The van der Waals surface area contributed by atoms with Crippen molar-refractivity contribution in [3.8, 4) is 0 Å². The summed E-state index contributed by atoms with van der Waals surface area (Å²) in [4.78, 5) is 20.8. The van der Waals surface area contributed by atoms with E-state index in [1.54, 1.807) is 11.0 Å². The van der Waals surface area contributed by atoms with Crippen LogP contribution in [0.5, 0.6) is 0 Å². The van der Waals surface area contributed by atoms with Crippen LogP contribution in [0.4, 0.5) is 20.2 Å². The van der Waals surface area contributed by atoms with Gasteiger partial charge in [-0.3, -0.25) is 9.78 Å². The maximum Gasteiger partial charge on any atom is 0.255 e. The fraction of sp³-hybridized carbons (Fsp3) is 0.333. The maximum atomic E-state index is 13.8. The molecular weight excluding hydrogens is 326 g/mol. The largest absolute Gasteiger partial charge is 0.352 e. The predicted molar refractivity (Wildman–Crippen MR) is 91.9 cm³/mol. The molecule has 1 aliphatic rings. The highest BCUT2D eigenvalue weighted by molar-refractivity contribution is 5.95. The molecule has 0 atom stereocenters. The third-order valence-electron chi connectivity index (χ3n) is 4.30. The van der Waals surface area contributed by atoms with Crippen molar-refractivity contribution in [3.63, 3.8) is 0 Å². The van der Waals surface area contributed by atoms with Gasteiger partial charge in [0.1, 0.15) is 11.6 Å². The van der Waals surface area contributed by atoms with Crippen molar-refractivity contribution >= 4 is 17.3 Å². The van der Waals surface area contributed by atoms with Crippen LogP contribution in [0.3, 0.4) is 0 Å².